The molecule has 24 heavy (non-hydrogen) atoms. The van der Waals surface area contributed by atoms with Crippen molar-refractivity contribution in [1.29, 1.82) is 0 Å². The molecule has 1 saturated carbocycles. The summed E-state index contributed by atoms with van der Waals surface area (Å²) in [7, 11) is 0. The molecule has 134 valence electrons. The van der Waals surface area contributed by atoms with Gasteiger partial charge in [0.05, 0.1) is 5.69 Å². The molecule has 1 aliphatic carbocycles. The minimum atomic E-state index is -0.107. The van der Waals surface area contributed by atoms with Crippen molar-refractivity contribution in [2.45, 2.75) is 83.2 Å². The average Bonchev–Trinajstić information content (AvgIpc) is 3.27. The van der Waals surface area contributed by atoms with Crippen LogP contribution in [0, 0.1) is 0 Å². The average molecular weight is 333 g/mol. The number of likely N-dealkylation sites (tertiary alicyclic amines) is 1. The normalized spacial score (nSPS) is 25.3. The van der Waals surface area contributed by atoms with Gasteiger partial charge >= 0.3 is 0 Å². The van der Waals surface area contributed by atoms with E-state index in [0.717, 1.165) is 31.4 Å². The van der Waals surface area contributed by atoms with Gasteiger partial charge < -0.3 is 14.7 Å². The Labute approximate surface area is 145 Å². The summed E-state index contributed by atoms with van der Waals surface area (Å²) in [5.41, 5.74) is 0.905. The quantitative estimate of drug-likeness (QED) is 0.862. The summed E-state index contributed by atoms with van der Waals surface area (Å²) < 4.78 is 5.29. The number of piperidine rings is 1. The molecule has 2 atom stereocenters. The highest BCUT2D eigenvalue weighted by Crippen LogP contribution is 2.27. The first-order valence-corrected chi connectivity index (χ1v) is 9.72. The zero-order chi connectivity index (χ0) is 16.9. The molecular weight excluding hydrogens is 302 g/mol. The van der Waals surface area contributed by atoms with E-state index in [4.69, 9.17) is 4.52 Å². The van der Waals surface area contributed by atoms with Crippen molar-refractivity contribution in [2.24, 2.45) is 0 Å². The van der Waals surface area contributed by atoms with E-state index < -0.39 is 0 Å². The molecular formula is C19H31N3O2. The number of rotatable bonds is 6. The van der Waals surface area contributed by atoms with E-state index >= 15 is 0 Å². The Bertz CT molecular complexity index is 532. The lowest BCUT2D eigenvalue weighted by atomic mass is 9.99. The second-order valence-corrected chi connectivity index (χ2v) is 7.36. The van der Waals surface area contributed by atoms with Crippen LogP contribution in [0.15, 0.2) is 10.6 Å². The van der Waals surface area contributed by atoms with Crippen molar-refractivity contribution >= 4 is 5.91 Å². The number of carbonyl (C=O) groups is 1. The third-order valence-corrected chi connectivity index (χ3v) is 5.80. The van der Waals surface area contributed by atoms with E-state index in [2.05, 4.69) is 29.2 Å². The fraction of sp³-hybridized carbons (Fsp3) is 0.789. The van der Waals surface area contributed by atoms with Crippen LogP contribution in [0.1, 0.15) is 87.4 Å². The van der Waals surface area contributed by atoms with Crippen molar-refractivity contribution in [3.05, 3.63) is 17.5 Å². The molecule has 1 aliphatic heterocycles. The van der Waals surface area contributed by atoms with Gasteiger partial charge in [-0.05, 0) is 58.0 Å². The van der Waals surface area contributed by atoms with Gasteiger partial charge in [0, 0.05) is 24.1 Å². The number of amides is 1. The van der Waals surface area contributed by atoms with E-state index in [1.807, 2.05) is 6.07 Å². The first-order chi connectivity index (χ1) is 11.7. The van der Waals surface area contributed by atoms with Crippen molar-refractivity contribution in [3.63, 3.8) is 0 Å². The van der Waals surface area contributed by atoms with Crippen LogP contribution in [0.2, 0.25) is 0 Å². The Hall–Kier alpha value is -1.36. The zero-order valence-corrected chi connectivity index (χ0v) is 15.1. The van der Waals surface area contributed by atoms with Gasteiger partial charge in [-0.2, -0.15) is 0 Å². The first-order valence-electron chi connectivity index (χ1n) is 9.72. The van der Waals surface area contributed by atoms with Crippen molar-refractivity contribution in [1.82, 2.24) is 15.4 Å². The number of hydrogen-bond donors (Lipinski definition) is 1. The Kier molecular flexibility index (Phi) is 5.93. The smallest absolute Gasteiger partial charge is 0.290 e. The Morgan fingerprint density at radius 3 is 2.75 bits per heavy atom. The highest BCUT2D eigenvalue weighted by atomic mass is 16.5. The summed E-state index contributed by atoms with van der Waals surface area (Å²) in [4.78, 5) is 15.1. The highest BCUT2D eigenvalue weighted by molar-refractivity contribution is 5.91. The van der Waals surface area contributed by atoms with Crippen LogP contribution >= 0.6 is 0 Å². The summed E-state index contributed by atoms with van der Waals surface area (Å²) in [5.74, 6) is 0.632. The van der Waals surface area contributed by atoms with Crippen LogP contribution in [0.4, 0.5) is 0 Å². The van der Waals surface area contributed by atoms with Crippen LogP contribution in [-0.4, -0.2) is 41.1 Å². The fourth-order valence-corrected chi connectivity index (χ4v) is 4.26. The number of nitrogens with one attached hydrogen (secondary N) is 1. The SMILES string of the molecule is CCC(CC)c1cc(C(=O)NC2CCC(N3CCCCC3)C2)on1. The van der Waals surface area contributed by atoms with E-state index in [-0.39, 0.29) is 11.9 Å². The van der Waals surface area contributed by atoms with Crippen molar-refractivity contribution in [3.8, 4) is 0 Å². The van der Waals surface area contributed by atoms with Crippen LogP contribution in [0.5, 0.6) is 0 Å². The minimum Gasteiger partial charge on any atom is -0.351 e. The predicted molar refractivity (Wildman–Crippen MR) is 94.1 cm³/mol. The van der Waals surface area contributed by atoms with E-state index in [1.54, 1.807) is 0 Å². The minimum absolute atomic E-state index is 0.107. The van der Waals surface area contributed by atoms with Gasteiger partial charge in [-0.1, -0.05) is 25.4 Å². The first kappa shape index (κ1) is 17.5. The van der Waals surface area contributed by atoms with Gasteiger partial charge in [0.25, 0.3) is 5.91 Å². The summed E-state index contributed by atoms with van der Waals surface area (Å²) in [5, 5.41) is 7.25. The lowest BCUT2D eigenvalue weighted by Gasteiger charge is -2.32. The van der Waals surface area contributed by atoms with Gasteiger partial charge in [-0.15, -0.1) is 0 Å². The molecule has 2 heterocycles. The van der Waals surface area contributed by atoms with Gasteiger partial charge in [-0.25, -0.2) is 0 Å². The molecule has 0 spiro atoms. The molecule has 3 rings (SSSR count). The predicted octanol–water partition coefficient (Wildman–Crippen LogP) is 3.72. The number of nitrogens with zero attached hydrogens (tertiary/aromatic N) is 2. The standard InChI is InChI=1S/C19H31N3O2/c1-3-14(4-2)17-13-18(24-21-17)19(23)20-15-8-9-16(12-15)22-10-6-5-7-11-22/h13-16H,3-12H2,1-2H3,(H,20,23). The molecule has 1 aromatic heterocycles. The van der Waals surface area contributed by atoms with Crippen molar-refractivity contribution < 1.29 is 9.32 Å². The number of aromatic nitrogens is 1. The van der Waals surface area contributed by atoms with E-state index in [1.165, 1.54) is 38.8 Å². The Morgan fingerprint density at radius 2 is 2.04 bits per heavy atom. The summed E-state index contributed by atoms with van der Waals surface area (Å²) in [6.07, 6.45) is 9.39. The molecule has 0 radical (unpaired) electrons. The monoisotopic (exact) mass is 333 g/mol. The molecule has 2 unspecified atom stereocenters. The molecule has 0 aromatic carbocycles. The molecule has 1 N–H and O–H groups in total. The van der Waals surface area contributed by atoms with E-state index in [9.17, 15) is 4.79 Å². The number of carbonyl (C=O) groups excluding carboxylic acids is 1. The molecule has 0 bridgehead atoms. The van der Waals surface area contributed by atoms with Crippen LogP contribution < -0.4 is 5.32 Å². The maximum absolute atomic E-state index is 12.4. The molecule has 1 saturated heterocycles. The third kappa shape index (κ3) is 4.00. The lowest BCUT2D eigenvalue weighted by Crippen LogP contribution is -2.39. The number of hydrogen-bond acceptors (Lipinski definition) is 4. The molecule has 1 aromatic rings. The van der Waals surface area contributed by atoms with Crippen LogP contribution in [0.3, 0.4) is 0 Å². The largest absolute Gasteiger partial charge is 0.351 e. The topological polar surface area (TPSA) is 58.4 Å². The molecule has 2 aliphatic rings. The lowest BCUT2D eigenvalue weighted by molar-refractivity contribution is 0.0897. The second kappa shape index (κ2) is 8.15. The fourth-order valence-electron chi connectivity index (χ4n) is 4.26. The molecule has 1 amide bonds. The molecule has 5 nitrogen and oxygen atoms in total. The van der Waals surface area contributed by atoms with Crippen LogP contribution in [0.25, 0.3) is 0 Å². The Balaban J connectivity index is 1.52. The van der Waals surface area contributed by atoms with Crippen molar-refractivity contribution in [2.75, 3.05) is 13.1 Å². The molecule has 2 fully saturated rings. The van der Waals surface area contributed by atoms with E-state index in [0.29, 0.717) is 17.7 Å². The molecule has 5 heteroatoms. The van der Waals surface area contributed by atoms with Gasteiger partial charge in [0.2, 0.25) is 5.76 Å². The third-order valence-electron chi connectivity index (χ3n) is 5.80. The summed E-state index contributed by atoms with van der Waals surface area (Å²) >= 11 is 0. The maximum atomic E-state index is 12.4. The van der Waals surface area contributed by atoms with Gasteiger partial charge in [0.15, 0.2) is 0 Å². The summed E-state index contributed by atoms with van der Waals surface area (Å²) in [6.45, 7) is 6.74. The van der Waals surface area contributed by atoms with Gasteiger partial charge in [0.1, 0.15) is 0 Å². The maximum Gasteiger partial charge on any atom is 0.290 e. The second-order valence-electron chi connectivity index (χ2n) is 7.36. The Morgan fingerprint density at radius 1 is 1.29 bits per heavy atom. The summed E-state index contributed by atoms with van der Waals surface area (Å²) in [6, 6.07) is 2.74. The zero-order valence-electron chi connectivity index (χ0n) is 15.1. The van der Waals surface area contributed by atoms with Gasteiger partial charge in [-0.3, -0.25) is 4.79 Å². The highest BCUT2D eigenvalue weighted by Gasteiger charge is 2.31. The van der Waals surface area contributed by atoms with Crippen LogP contribution in [-0.2, 0) is 0 Å².